The molecule has 1 aromatic rings. The number of nitro groups is 1. The van der Waals surface area contributed by atoms with Gasteiger partial charge < -0.3 is 0 Å². The first-order valence-corrected chi connectivity index (χ1v) is 4.37. The number of rotatable bonds is 3. The van der Waals surface area contributed by atoms with Gasteiger partial charge in [-0.25, -0.2) is 0 Å². The second-order valence-electron chi connectivity index (χ2n) is 3.30. The Morgan fingerprint density at radius 3 is 2.60 bits per heavy atom. The van der Waals surface area contributed by atoms with Crippen molar-refractivity contribution in [3.63, 3.8) is 0 Å². The summed E-state index contributed by atoms with van der Waals surface area (Å²) in [6.45, 7) is 3.01. The van der Waals surface area contributed by atoms with Gasteiger partial charge >= 0.3 is 5.69 Å². The number of nitro benzene ring substituents is 1. The summed E-state index contributed by atoms with van der Waals surface area (Å²) >= 11 is 0. The summed E-state index contributed by atoms with van der Waals surface area (Å²) in [7, 11) is 0. The van der Waals surface area contributed by atoms with Gasteiger partial charge in [-0.15, -0.1) is 0 Å². The molecule has 0 N–H and O–H groups in total. The van der Waals surface area contributed by atoms with Gasteiger partial charge in [-0.1, -0.05) is 13.0 Å². The monoisotopic (exact) mass is 211 g/mol. The van der Waals surface area contributed by atoms with Crippen LogP contribution in [0.2, 0.25) is 0 Å². The van der Waals surface area contributed by atoms with Crippen LogP contribution < -0.4 is 0 Å². The quantitative estimate of drug-likeness (QED) is 0.569. The molecule has 0 saturated heterocycles. The molecule has 1 aromatic carbocycles. The predicted octanol–water partition coefficient (Wildman–Crippen LogP) is 2.43. The van der Waals surface area contributed by atoms with E-state index in [-0.39, 0.29) is 5.78 Å². The van der Waals surface area contributed by atoms with Gasteiger partial charge in [0.2, 0.25) is 5.82 Å². The Balaban J connectivity index is 3.18. The molecule has 0 aliphatic carbocycles. The van der Waals surface area contributed by atoms with Crippen LogP contribution in [-0.2, 0) is 4.79 Å². The highest BCUT2D eigenvalue weighted by molar-refractivity contribution is 5.83. The molecule has 0 heterocycles. The normalized spacial score (nSPS) is 12.2. The Morgan fingerprint density at radius 1 is 1.53 bits per heavy atom. The van der Waals surface area contributed by atoms with Crippen LogP contribution in [0.3, 0.4) is 0 Å². The van der Waals surface area contributed by atoms with Crippen LogP contribution in [0.4, 0.5) is 10.1 Å². The number of carbonyl (C=O) groups excluding carboxylic acids is 1. The summed E-state index contributed by atoms with van der Waals surface area (Å²) in [5.74, 6) is -1.46. The maximum absolute atomic E-state index is 13.0. The van der Waals surface area contributed by atoms with Crippen molar-refractivity contribution in [2.75, 3.05) is 0 Å². The van der Waals surface area contributed by atoms with Gasteiger partial charge in [-0.3, -0.25) is 14.9 Å². The highest BCUT2D eigenvalue weighted by atomic mass is 19.1. The Labute approximate surface area is 85.9 Å². The van der Waals surface area contributed by atoms with Crippen LogP contribution in [0.5, 0.6) is 0 Å². The van der Waals surface area contributed by atoms with E-state index in [9.17, 15) is 19.3 Å². The predicted molar refractivity (Wildman–Crippen MR) is 52.2 cm³/mol. The summed E-state index contributed by atoms with van der Waals surface area (Å²) in [5.41, 5.74) is -0.142. The SMILES string of the molecule is CC(=O)C(C)c1ccc(F)c([N+](=O)[O-])c1. The van der Waals surface area contributed by atoms with Crippen LogP contribution >= 0.6 is 0 Å². The minimum atomic E-state index is -0.889. The molecule has 0 fully saturated rings. The molecule has 0 bridgehead atoms. The standard InChI is InChI=1S/C10H10FNO3/c1-6(7(2)13)8-3-4-9(11)10(5-8)12(14)15/h3-6H,1-2H3. The number of Topliss-reactive ketones (excluding diaryl/α,β-unsaturated/α-hetero) is 1. The lowest BCUT2D eigenvalue weighted by Crippen LogP contribution is -2.05. The van der Waals surface area contributed by atoms with Crippen molar-refractivity contribution in [1.82, 2.24) is 0 Å². The lowest BCUT2D eigenvalue weighted by molar-refractivity contribution is -0.387. The smallest absolute Gasteiger partial charge is 0.299 e. The van der Waals surface area contributed by atoms with Crippen molar-refractivity contribution in [3.8, 4) is 0 Å². The van der Waals surface area contributed by atoms with Gasteiger partial charge in [-0.2, -0.15) is 4.39 Å². The largest absolute Gasteiger partial charge is 0.305 e. The first-order valence-electron chi connectivity index (χ1n) is 4.37. The molecule has 0 saturated carbocycles. The second kappa shape index (κ2) is 4.16. The van der Waals surface area contributed by atoms with Gasteiger partial charge in [0.25, 0.3) is 0 Å². The molecular formula is C10H10FNO3. The van der Waals surface area contributed by atoms with Crippen LogP contribution in [0.1, 0.15) is 25.3 Å². The van der Waals surface area contributed by atoms with E-state index in [0.717, 1.165) is 12.1 Å². The highest BCUT2D eigenvalue weighted by Gasteiger charge is 2.18. The fourth-order valence-electron chi connectivity index (χ4n) is 1.17. The van der Waals surface area contributed by atoms with Crippen molar-refractivity contribution in [2.24, 2.45) is 0 Å². The minimum Gasteiger partial charge on any atom is -0.299 e. The fraction of sp³-hybridized carbons (Fsp3) is 0.300. The zero-order valence-corrected chi connectivity index (χ0v) is 8.36. The Morgan fingerprint density at radius 2 is 2.13 bits per heavy atom. The average Bonchev–Trinajstić information content (AvgIpc) is 2.16. The maximum Gasteiger partial charge on any atom is 0.305 e. The molecule has 4 nitrogen and oxygen atoms in total. The van der Waals surface area contributed by atoms with E-state index in [1.54, 1.807) is 6.92 Å². The van der Waals surface area contributed by atoms with Crippen LogP contribution in [0.15, 0.2) is 18.2 Å². The number of hydrogen-bond acceptors (Lipinski definition) is 3. The highest BCUT2D eigenvalue weighted by Crippen LogP contribution is 2.24. The summed E-state index contributed by atoms with van der Waals surface area (Å²) < 4.78 is 13.0. The molecule has 0 amide bonds. The van der Waals surface area contributed by atoms with E-state index < -0.39 is 22.3 Å². The number of nitrogens with zero attached hydrogens (tertiary/aromatic N) is 1. The zero-order chi connectivity index (χ0) is 11.6. The third kappa shape index (κ3) is 2.37. The number of benzene rings is 1. The van der Waals surface area contributed by atoms with Gasteiger partial charge in [0.15, 0.2) is 0 Å². The lowest BCUT2D eigenvalue weighted by atomic mass is 9.97. The molecule has 80 valence electrons. The van der Waals surface area contributed by atoms with Crippen molar-refractivity contribution in [3.05, 3.63) is 39.7 Å². The van der Waals surface area contributed by atoms with E-state index in [4.69, 9.17) is 0 Å². The van der Waals surface area contributed by atoms with E-state index in [1.807, 2.05) is 0 Å². The zero-order valence-electron chi connectivity index (χ0n) is 8.36. The van der Waals surface area contributed by atoms with E-state index in [2.05, 4.69) is 0 Å². The van der Waals surface area contributed by atoms with E-state index in [1.165, 1.54) is 13.0 Å². The maximum atomic E-state index is 13.0. The number of hydrogen-bond donors (Lipinski definition) is 0. The van der Waals surface area contributed by atoms with Crippen LogP contribution in [0.25, 0.3) is 0 Å². The van der Waals surface area contributed by atoms with Gasteiger partial charge in [-0.05, 0) is 18.6 Å². The topological polar surface area (TPSA) is 60.2 Å². The van der Waals surface area contributed by atoms with E-state index >= 15 is 0 Å². The summed E-state index contributed by atoms with van der Waals surface area (Å²) in [4.78, 5) is 20.7. The molecular weight excluding hydrogens is 201 g/mol. The van der Waals surface area contributed by atoms with Crippen molar-refractivity contribution < 1.29 is 14.1 Å². The molecule has 0 aromatic heterocycles. The van der Waals surface area contributed by atoms with Crippen LogP contribution in [-0.4, -0.2) is 10.7 Å². The fourth-order valence-corrected chi connectivity index (χ4v) is 1.17. The Hall–Kier alpha value is -1.78. The van der Waals surface area contributed by atoms with Crippen molar-refractivity contribution in [1.29, 1.82) is 0 Å². The molecule has 0 radical (unpaired) electrons. The Bertz CT molecular complexity index is 417. The van der Waals surface area contributed by atoms with Crippen LogP contribution in [0, 0.1) is 15.9 Å². The number of ketones is 1. The minimum absolute atomic E-state index is 0.115. The molecule has 0 spiro atoms. The molecule has 0 aliphatic heterocycles. The molecule has 1 atom stereocenters. The first kappa shape index (κ1) is 11.3. The number of carbonyl (C=O) groups is 1. The van der Waals surface area contributed by atoms with Gasteiger partial charge in [0.05, 0.1) is 4.92 Å². The summed E-state index contributed by atoms with van der Waals surface area (Å²) in [6, 6.07) is 3.49. The second-order valence-corrected chi connectivity index (χ2v) is 3.30. The molecule has 15 heavy (non-hydrogen) atoms. The van der Waals surface area contributed by atoms with Crippen molar-refractivity contribution in [2.45, 2.75) is 19.8 Å². The summed E-state index contributed by atoms with van der Waals surface area (Å²) in [6.07, 6.45) is 0. The lowest BCUT2D eigenvalue weighted by Gasteiger charge is -2.07. The molecule has 5 heteroatoms. The molecule has 1 unspecified atom stereocenters. The number of halogens is 1. The molecule has 0 aliphatic rings. The average molecular weight is 211 g/mol. The van der Waals surface area contributed by atoms with Crippen molar-refractivity contribution >= 4 is 11.5 Å². The van der Waals surface area contributed by atoms with Gasteiger partial charge in [0, 0.05) is 12.0 Å². The van der Waals surface area contributed by atoms with Gasteiger partial charge in [0.1, 0.15) is 5.78 Å². The third-order valence-electron chi connectivity index (χ3n) is 2.28. The molecule has 1 rings (SSSR count). The Kier molecular flexibility index (Phi) is 3.14. The summed E-state index contributed by atoms with van der Waals surface area (Å²) in [5, 5.41) is 10.4. The first-order chi connectivity index (χ1) is 6.93. The third-order valence-corrected chi connectivity index (χ3v) is 2.28. The van der Waals surface area contributed by atoms with E-state index in [0.29, 0.717) is 5.56 Å².